The third-order valence-electron chi connectivity index (χ3n) is 6.71. The summed E-state index contributed by atoms with van der Waals surface area (Å²) in [6.45, 7) is 6.55. The standard InChI is InChI=1S/C27H41NO4/c1-27(2,3)32-24(29)18-17-20-13-15-21(16-14-20)19-28-25(22-9-5-4-6-10-22)26(30)31-23-11-7-8-12-23/h4-6,9-10,20-21,23,25,28H,7-8,11-19H2,1-3H3/t20?,21?,25-/m0/s1. The third kappa shape index (κ3) is 8.23. The summed E-state index contributed by atoms with van der Waals surface area (Å²) in [6, 6.07) is 9.52. The Morgan fingerprint density at radius 2 is 1.59 bits per heavy atom. The summed E-state index contributed by atoms with van der Waals surface area (Å²) < 4.78 is 11.3. The summed E-state index contributed by atoms with van der Waals surface area (Å²) in [4.78, 5) is 24.9. The molecule has 32 heavy (non-hydrogen) atoms. The van der Waals surface area contributed by atoms with Crippen molar-refractivity contribution >= 4 is 11.9 Å². The zero-order valence-electron chi connectivity index (χ0n) is 20.1. The molecule has 3 rings (SSSR count). The molecule has 5 nitrogen and oxygen atoms in total. The van der Waals surface area contributed by atoms with Crippen LogP contribution in [0.4, 0.5) is 0 Å². The molecule has 0 bridgehead atoms. The van der Waals surface area contributed by atoms with Crippen molar-refractivity contribution in [2.24, 2.45) is 11.8 Å². The molecule has 0 amide bonds. The van der Waals surface area contributed by atoms with E-state index in [0.717, 1.165) is 69.9 Å². The summed E-state index contributed by atoms with van der Waals surface area (Å²) in [5.41, 5.74) is 0.566. The maximum atomic E-state index is 12.9. The Kier molecular flexibility index (Phi) is 9.15. The van der Waals surface area contributed by atoms with Crippen LogP contribution in [0, 0.1) is 11.8 Å². The number of nitrogens with one attached hydrogen (secondary N) is 1. The van der Waals surface area contributed by atoms with Gasteiger partial charge in [-0.25, -0.2) is 4.79 Å². The summed E-state index contributed by atoms with van der Waals surface area (Å²) in [6.07, 6.45) is 10.3. The number of ether oxygens (including phenoxy) is 2. The van der Waals surface area contributed by atoms with Crippen molar-refractivity contribution in [3.8, 4) is 0 Å². The Morgan fingerprint density at radius 1 is 0.969 bits per heavy atom. The van der Waals surface area contributed by atoms with Crippen LogP contribution < -0.4 is 5.32 Å². The van der Waals surface area contributed by atoms with Crippen LogP contribution in [-0.2, 0) is 19.1 Å². The highest BCUT2D eigenvalue weighted by molar-refractivity contribution is 5.77. The molecule has 178 valence electrons. The lowest BCUT2D eigenvalue weighted by Crippen LogP contribution is -2.36. The van der Waals surface area contributed by atoms with Crippen LogP contribution in [-0.4, -0.2) is 30.2 Å². The molecule has 1 aromatic carbocycles. The van der Waals surface area contributed by atoms with Crippen molar-refractivity contribution < 1.29 is 19.1 Å². The number of hydrogen-bond acceptors (Lipinski definition) is 5. The zero-order chi connectivity index (χ0) is 23.0. The molecule has 1 atom stereocenters. The predicted octanol–water partition coefficient (Wildman–Crippen LogP) is 5.73. The van der Waals surface area contributed by atoms with Crippen LogP contribution in [0.2, 0.25) is 0 Å². The van der Waals surface area contributed by atoms with E-state index in [1.807, 2.05) is 51.1 Å². The third-order valence-corrected chi connectivity index (χ3v) is 6.71. The number of hydrogen-bond donors (Lipinski definition) is 1. The van der Waals surface area contributed by atoms with Gasteiger partial charge in [-0.2, -0.15) is 0 Å². The topological polar surface area (TPSA) is 64.6 Å². The average Bonchev–Trinajstić information content (AvgIpc) is 3.26. The minimum atomic E-state index is -0.408. The van der Waals surface area contributed by atoms with E-state index in [4.69, 9.17) is 9.47 Å². The van der Waals surface area contributed by atoms with Crippen molar-refractivity contribution in [3.63, 3.8) is 0 Å². The van der Waals surface area contributed by atoms with Gasteiger partial charge in [0, 0.05) is 6.42 Å². The average molecular weight is 444 g/mol. The Bertz CT molecular complexity index is 713. The first kappa shape index (κ1) is 24.8. The first-order chi connectivity index (χ1) is 15.3. The lowest BCUT2D eigenvalue weighted by Gasteiger charge is -2.30. The number of esters is 2. The van der Waals surface area contributed by atoms with Crippen molar-refractivity contribution in [3.05, 3.63) is 35.9 Å². The molecule has 0 heterocycles. The van der Waals surface area contributed by atoms with Crippen molar-refractivity contribution in [2.45, 2.75) is 103 Å². The Balaban J connectivity index is 1.44. The smallest absolute Gasteiger partial charge is 0.328 e. The lowest BCUT2D eigenvalue weighted by atomic mass is 9.80. The van der Waals surface area contributed by atoms with E-state index in [9.17, 15) is 9.59 Å². The Hall–Kier alpha value is -1.88. The van der Waals surface area contributed by atoms with Crippen LogP contribution in [0.15, 0.2) is 30.3 Å². The van der Waals surface area contributed by atoms with Gasteiger partial charge in [0.05, 0.1) is 0 Å². The Morgan fingerprint density at radius 3 is 2.22 bits per heavy atom. The molecular formula is C27H41NO4. The molecule has 5 heteroatoms. The molecule has 2 saturated carbocycles. The fraction of sp³-hybridized carbons (Fsp3) is 0.704. The first-order valence-corrected chi connectivity index (χ1v) is 12.5. The van der Waals surface area contributed by atoms with Crippen molar-refractivity contribution in [2.75, 3.05) is 6.54 Å². The van der Waals surface area contributed by atoms with E-state index in [1.54, 1.807) is 0 Å². The van der Waals surface area contributed by atoms with Crippen molar-refractivity contribution in [1.82, 2.24) is 5.32 Å². The number of rotatable bonds is 9. The van der Waals surface area contributed by atoms with E-state index in [2.05, 4.69) is 5.32 Å². The summed E-state index contributed by atoms with van der Waals surface area (Å²) in [5.74, 6) is 0.913. The van der Waals surface area contributed by atoms with Crippen LogP contribution in [0.25, 0.3) is 0 Å². The monoisotopic (exact) mass is 443 g/mol. The summed E-state index contributed by atoms with van der Waals surface area (Å²) in [5, 5.41) is 3.52. The maximum Gasteiger partial charge on any atom is 0.328 e. The van der Waals surface area contributed by atoms with Gasteiger partial charge >= 0.3 is 11.9 Å². The normalized spacial score (nSPS) is 23.0. The largest absolute Gasteiger partial charge is 0.461 e. The Labute approximate surface area is 193 Å². The SMILES string of the molecule is CC(C)(C)OC(=O)CCC1CCC(CN[C@H](C(=O)OC2CCCC2)c2ccccc2)CC1. The quantitative estimate of drug-likeness (QED) is 0.494. The summed E-state index contributed by atoms with van der Waals surface area (Å²) >= 11 is 0. The molecule has 2 aliphatic carbocycles. The fourth-order valence-electron chi connectivity index (χ4n) is 4.94. The lowest BCUT2D eigenvalue weighted by molar-refractivity contribution is -0.155. The van der Waals surface area contributed by atoms with Gasteiger partial charge in [0.25, 0.3) is 0 Å². The second-order valence-corrected chi connectivity index (χ2v) is 10.6. The van der Waals surface area contributed by atoms with Gasteiger partial charge in [-0.3, -0.25) is 4.79 Å². The molecule has 0 unspecified atom stereocenters. The van der Waals surface area contributed by atoms with E-state index >= 15 is 0 Å². The van der Waals surface area contributed by atoms with E-state index < -0.39 is 11.6 Å². The molecule has 2 aliphatic rings. The second kappa shape index (κ2) is 11.8. The maximum absolute atomic E-state index is 12.9. The van der Waals surface area contributed by atoms with E-state index in [1.165, 1.54) is 0 Å². The molecule has 0 saturated heterocycles. The van der Waals surface area contributed by atoms with Gasteiger partial charge in [0.15, 0.2) is 0 Å². The molecule has 0 aliphatic heterocycles. The minimum Gasteiger partial charge on any atom is -0.461 e. The highest BCUT2D eigenvalue weighted by Crippen LogP contribution is 2.32. The summed E-state index contributed by atoms with van der Waals surface area (Å²) in [7, 11) is 0. The minimum absolute atomic E-state index is 0.0796. The fourth-order valence-corrected chi connectivity index (χ4v) is 4.94. The highest BCUT2D eigenvalue weighted by Gasteiger charge is 2.29. The van der Waals surface area contributed by atoms with Gasteiger partial charge in [-0.05, 0) is 89.7 Å². The van der Waals surface area contributed by atoms with Gasteiger partial charge in [0.2, 0.25) is 0 Å². The van der Waals surface area contributed by atoms with Gasteiger partial charge < -0.3 is 14.8 Å². The number of carbonyl (C=O) groups excluding carboxylic acids is 2. The van der Waals surface area contributed by atoms with Crippen LogP contribution in [0.5, 0.6) is 0 Å². The van der Waals surface area contributed by atoms with Crippen LogP contribution >= 0.6 is 0 Å². The molecule has 0 spiro atoms. The molecule has 0 aromatic heterocycles. The van der Waals surface area contributed by atoms with Gasteiger partial charge in [-0.15, -0.1) is 0 Å². The van der Waals surface area contributed by atoms with Gasteiger partial charge in [-0.1, -0.05) is 43.2 Å². The van der Waals surface area contributed by atoms with Gasteiger partial charge in [0.1, 0.15) is 17.7 Å². The zero-order valence-corrected chi connectivity index (χ0v) is 20.1. The van der Waals surface area contributed by atoms with E-state index in [-0.39, 0.29) is 18.0 Å². The second-order valence-electron chi connectivity index (χ2n) is 10.6. The molecule has 2 fully saturated rings. The van der Waals surface area contributed by atoms with Crippen LogP contribution in [0.3, 0.4) is 0 Å². The predicted molar refractivity (Wildman–Crippen MR) is 126 cm³/mol. The number of carbonyl (C=O) groups is 2. The van der Waals surface area contributed by atoms with Crippen molar-refractivity contribution in [1.29, 1.82) is 0 Å². The first-order valence-electron chi connectivity index (χ1n) is 12.5. The molecular weight excluding hydrogens is 402 g/mol. The number of benzene rings is 1. The molecule has 1 N–H and O–H groups in total. The van der Waals surface area contributed by atoms with Crippen LogP contribution in [0.1, 0.15) is 96.6 Å². The molecule has 0 radical (unpaired) electrons. The highest BCUT2D eigenvalue weighted by atomic mass is 16.6. The van der Waals surface area contributed by atoms with E-state index in [0.29, 0.717) is 18.3 Å². The molecule has 1 aromatic rings.